The van der Waals surface area contributed by atoms with E-state index in [0.29, 0.717) is 89.9 Å². The van der Waals surface area contributed by atoms with Crippen LogP contribution in [-0.4, -0.2) is 201 Å². The van der Waals surface area contributed by atoms with Crippen LogP contribution in [0.1, 0.15) is 98.5 Å². The number of amides is 2. The molecule has 586 valence electrons. The predicted octanol–water partition coefficient (Wildman–Crippen LogP) is 9.63. The number of hydrogen-bond acceptors (Lipinski definition) is 20. The second-order valence-corrected chi connectivity index (χ2v) is 40.3. The second kappa shape index (κ2) is 45.0. The SMILES string of the molecule is CC(C)(CCCOCCOCCOCCOc1cc(COC(=O)ON2C(=O)CCC2=O)cc(OCCOCCOCCOCCCC(C)(C)[Si](O)(c2ccccc2)c2ccccc2)c1OCCOCCOCCOCCCC(C)(C)[Si](O)(c1ccccc1)c1ccccc1)[Si](O)(c1ccccc1)c1ccccc1. The van der Waals surface area contributed by atoms with Crippen LogP contribution in [0.5, 0.6) is 17.2 Å². The third kappa shape index (κ3) is 25.3. The summed E-state index contributed by atoms with van der Waals surface area (Å²) in [7, 11) is -9.35. The largest absolute Gasteiger partial charge is 0.534 e. The Morgan fingerprint density at radius 3 is 0.833 bits per heavy atom. The summed E-state index contributed by atoms with van der Waals surface area (Å²) in [6.07, 6.45) is 3.21. The Kier molecular flexibility index (Phi) is 35.9. The van der Waals surface area contributed by atoms with E-state index in [9.17, 15) is 28.8 Å². The first-order chi connectivity index (χ1) is 52.3. The minimum absolute atomic E-state index is 0.0673. The van der Waals surface area contributed by atoms with Crippen molar-refractivity contribution in [1.29, 1.82) is 0 Å². The number of benzene rings is 7. The summed E-state index contributed by atoms with van der Waals surface area (Å²) in [6.45, 7) is 18.9. The molecule has 0 radical (unpaired) electrons. The highest BCUT2D eigenvalue weighted by Crippen LogP contribution is 2.43. The molecule has 0 spiro atoms. The number of carbonyl (C=O) groups is 3. The van der Waals surface area contributed by atoms with Gasteiger partial charge in [0, 0.05) is 32.7 Å². The maximum absolute atomic E-state index is 12.9. The van der Waals surface area contributed by atoms with Gasteiger partial charge in [0.15, 0.2) is 11.5 Å². The molecule has 108 heavy (non-hydrogen) atoms. The summed E-state index contributed by atoms with van der Waals surface area (Å²) >= 11 is 0. The number of hydrogen-bond donors (Lipinski definition) is 3. The molecule has 0 saturated carbocycles. The number of imide groups is 1. The normalized spacial score (nSPS) is 13.1. The Morgan fingerprint density at radius 2 is 0.574 bits per heavy atom. The monoisotopic (exact) mass is 1540 g/mol. The topological polar surface area (TPSA) is 244 Å². The molecule has 7 aromatic rings. The molecular formula is C84H113NO20Si3. The first-order valence-electron chi connectivity index (χ1n) is 37.8. The standard InChI is InChI=1S/C84H113NO20Si3/c1-82(2,106(89,70-28-13-7-14-29-70)71-30-15-8-16-31-71)42-25-45-92-48-51-95-54-57-98-60-63-101-76-66-69(68-104-81(88)105-85-78(86)40-41-79(85)87)67-77(102-64-61-99-58-55-96-52-49-93-46-26-43-83(3,4)107(90,72-32-17-9-18-33-72)73-34-19-10-20-35-73)80(76)103-65-62-100-59-56-97-53-50-94-47-27-44-84(5,6)108(91,74-36-21-11-22-37-74)75-38-23-12-24-39-75/h7-24,28-39,66-67,89-91H,25-27,40-65,68H2,1-6H3. The molecule has 3 N–H and O–H groups in total. The molecule has 0 atom stereocenters. The van der Waals surface area contributed by atoms with Gasteiger partial charge in [-0.2, -0.15) is 0 Å². The van der Waals surface area contributed by atoms with Crippen LogP contribution in [-0.2, 0) is 68.4 Å². The van der Waals surface area contributed by atoms with Crippen molar-refractivity contribution in [3.05, 3.63) is 200 Å². The maximum atomic E-state index is 12.9. The van der Waals surface area contributed by atoms with Crippen molar-refractivity contribution in [2.24, 2.45) is 0 Å². The van der Waals surface area contributed by atoms with Crippen molar-refractivity contribution in [1.82, 2.24) is 5.06 Å². The molecule has 1 heterocycles. The highest BCUT2D eigenvalue weighted by molar-refractivity contribution is 6.99. The lowest BCUT2D eigenvalue weighted by Crippen LogP contribution is -2.65. The molecule has 1 aliphatic heterocycles. The summed E-state index contributed by atoms with van der Waals surface area (Å²) in [5.41, 5.74) is 0.399. The molecule has 21 nitrogen and oxygen atoms in total. The number of carbonyl (C=O) groups excluding carboxylic acids is 3. The van der Waals surface area contributed by atoms with Crippen LogP contribution in [0.2, 0.25) is 15.1 Å². The summed E-state index contributed by atoms with van der Waals surface area (Å²) < 4.78 is 77.6. The summed E-state index contributed by atoms with van der Waals surface area (Å²) in [6, 6.07) is 63.3. The van der Waals surface area contributed by atoms with Gasteiger partial charge in [0.25, 0.3) is 36.8 Å². The Balaban J connectivity index is 0.791. The molecule has 1 saturated heterocycles. The van der Waals surface area contributed by atoms with E-state index in [4.69, 9.17) is 66.4 Å². The van der Waals surface area contributed by atoms with Gasteiger partial charge < -0.3 is 76.0 Å². The molecule has 2 amide bonds. The Labute approximate surface area is 641 Å². The van der Waals surface area contributed by atoms with Crippen LogP contribution >= 0.6 is 0 Å². The zero-order valence-corrected chi connectivity index (χ0v) is 66.9. The van der Waals surface area contributed by atoms with E-state index in [-0.39, 0.29) is 111 Å². The fourth-order valence-corrected chi connectivity index (χ4v) is 24.9. The zero-order valence-electron chi connectivity index (χ0n) is 63.9. The smallest absolute Gasteiger partial charge is 0.487 e. The van der Waals surface area contributed by atoms with Gasteiger partial charge in [-0.3, -0.25) is 14.4 Å². The van der Waals surface area contributed by atoms with E-state index in [1.54, 1.807) is 12.1 Å². The predicted molar refractivity (Wildman–Crippen MR) is 423 cm³/mol. The lowest BCUT2D eigenvalue weighted by molar-refractivity contribution is -0.177. The average molecular weight is 1540 g/mol. The molecule has 0 aliphatic carbocycles. The van der Waals surface area contributed by atoms with E-state index in [0.717, 1.165) is 69.6 Å². The average Bonchev–Trinajstić information content (AvgIpc) is 0.775. The summed E-state index contributed by atoms with van der Waals surface area (Å²) in [5, 5.41) is 5.19. The fraction of sp³-hybridized carbons (Fsp3) is 0.464. The number of nitrogens with zero attached hydrogens (tertiary/aromatic N) is 1. The van der Waals surface area contributed by atoms with Gasteiger partial charge in [-0.05, 0) is 102 Å². The van der Waals surface area contributed by atoms with Crippen molar-refractivity contribution in [2.75, 3.05) is 139 Å². The summed E-state index contributed by atoms with van der Waals surface area (Å²) in [5.74, 6) is -0.600. The van der Waals surface area contributed by atoms with Crippen LogP contribution in [0.3, 0.4) is 0 Å². The van der Waals surface area contributed by atoms with Crippen LogP contribution < -0.4 is 45.3 Å². The molecule has 0 bridgehead atoms. The third-order valence-corrected chi connectivity index (χ3v) is 33.3. The fourth-order valence-electron chi connectivity index (χ4n) is 13.5. The third-order valence-electron chi connectivity index (χ3n) is 19.6. The van der Waals surface area contributed by atoms with Gasteiger partial charge in [-0.1, -0.05) is 229 Å². The minimum Gasteiger partial charge on any atom is -0.487 e. The lowest BCUT2D eigenvalue weighted by Gasteiger charge is -2.41. The minimum atomic E-state index is -3.12. The van der Waals surface area contributed by atoms with Crippen molar-refractivity contribution in [2.45, 2.75) is 115 Å². The quantitative estimate of drug-likeness (QED) is 0.0139. The summed E-state index contributed by atoms with van der Waals surface area (Å²) in [4.78, 5) is 79.9. The molecule has 1 fully saturated rings. The number of ether oxygens (including phenoxy) is 13. The van der Waals surface area contributed by atoms with E-state index < -0.39 is 42.9 Å². The Hall–Kier alpha value is -7.48. The maximum Gasteiger partial charge on any atom is 0.534 e. The van der Waals surface area contributed by atoms with Gasteiger partial charge in [0.1, 0.15) is 26.4 Å². The number of rotatable bonds is 54. The van der Waals surface area contributed by atoms with E-state index in [1.807, 2.05) is 182 Å². The Bertz CT molecular complexity index is 3420. The van der Waals surface area contributed by atoms with Crippen molar-refractivity contribution in [3.63, 3.8) is 0 Å². The van der Waals surface area contributed by atoms with Crippen LogP contribution in [0, 0.1) is 0 Å². The molecule has 7 aromatic carbocycles. The zero-order chi connectivity index (χ0) is 76.8. The molecule has 0 aromatic heterocycles. The molecule has 1 aliphatic rings. The van der Waals surface area contributed by atoms with E-state index in [2.05, 4.69) is 41.5 Å². The second-order valence-electron chi connectivity index (χ2n) is 28.5. The number of hydroxylamine groups is 2. The van der Waals surface area contributed by atoms with Crippen molar-refractivity contribution in [3.8, 4) is 17.2 Å². The van der Waals surface area contributed by atoms with Crippen LogP contribution in [0.4, 0.5) is 4.79 Å². The van der Waals surface area contributed by atoms with Crippen LogP contribution in [0.15, 0.2) is 194 Å². The highest BCUT2D eigenvalue weighted by atomic mass is 28.4. The van der Waals surface area contributed by atoms with Gasteiger partial charge >= 0.3 is 6.16 Å². The van der Waals surface area contributed by atoms with E-state index in [1.165, 1.54) is 0 Å². The van der Waals surface area contributed by atoms with Crippen LogP contribution in [0.25, 0.3) is 0 Å². The van der Waals surface area contributed by atoms with Crippen molar-refractivity contribution >= 4 is 74.0 Å². The lowest BCUT2D eigenvalue weighted by atomic mass is 10.1. The first-order valence-corrected chi connectivity index (χ1v) is 43.6. The molecule has 24 heteroatoms. The first kappa shape index (κ1) is 86.1. The molecular weight excluding hydrogens is 1430 g/mol. The van der Waals surface area contributed by atoms with Gasteiger partial charge in [-0.25, -0.2) is 4.79 Å². The molecule has 0 unspecified atom stereocenters. The van der Waals surface area contributed by atoms with Gasteiger partial charge in [-0.15, -0.1) is 0 Å². The van der Waals surface area contributed by atoms with Crippen molar-refractivity contribution < 1.29 is 95.2 Å². The Morgan fingerprint density at radius 1 is 0.343 bits per heavy atom. The van der Waals surface area contributed by atoms with E-state index >= 15 is 0 Å². The highest BCUT2D eigenvalue weighted by Gasteiger charge is 2.52. The molecule has 8 rings (SSSR count). The van der Waals surface area contributed by atoms with Gasteiger partial charge in [0.2, 0.25) is 5.75 Å². The van der Waals surface area contributed by atoms with Gasteiger partial charge in [0.05, 0.1) is 99.1 Å².